The third kappa shape index (κ3) is 1.78. The molecule has 3 aromatic rings. The first-order chi connectivity index (χ1) is 8.24. The van der Waals surface area contributed by atoms with Gasteiger partial charge in [0.05, 0.1) is 5.56 Å². The Labute approximate surface area is 105 Å². The van der Waals surface area contributed by atoms with Crippen LogP contribution in [0.5, 0.6) is 5.75 Å². The van der Waals surface area contributed by atoms with E-state index in [1.54, 1.807) is 30.5 Å². The summed E-state index contributed by atoms with van der Waals surface area (Å²) in [5, 5.41) is 9.77. The van der Waals surface area contributed by atoms with Crippen LogP contribution in [0.3, 0.4) is 0 Å². The fourth-order valence-corrected chi connectivity index (χ4v) is 1.93. The lowest BCUT2D eigenvalue weighted by atomic mass is 10.2. The summed E-state index contributed by atoms with van der Waals surface area (Å²) in [4.78, 5) is 8.33. The summed E-state index contributed by atoms with van der Waals surface area (Å²) in [7, 11) is 0. The molecule has 17 heavy (non-hydrogen) atoms. The number of phenolic OH excluding ortho intramolecular Hbond substituents is 1. The van der Waals surface area contributed by atoms with Crippen molar-refractivity contribution in [2.24, 2.45) is 0 Å². The largest absolute Gasteiger partial charge is 0.507 e. The van der Waals surface area contributed by atoms with Gasteiger partial charge in [-0.2, -0.15) is 0 Å². The first-order valence-electron chi connectivity index (χ1n) is 4.94. The molecule has 0 fully saturated rings. The molecule has 0 aliphatic rings. The van der Waals surface area contributed by atoms with E-state index in [1.807, 2.05) is 6.07 Å². The summed E-state index contributed by atoms with van der Waals surface area (Å²) in [5.74, 6) is 0.484. The number of hydrogen-bond donors (Lipinski definition) is 1. The van der Waals surface area contributed by atoms with E-state index in [2.05, 4.69) is 25.9 Å². The van der Waals surface area contributed by atoms with Gasteiger partial charge in [0.25, 0.3) is 0 Å². The van der Waals surface area contributed by atoms with Crippen molar-refractivity contribution in [2.45, 2.75) is 0 Å². The highest BCUT2D eigenvalue weighted by Crippen LogP contribution is 2.32. The van der Waals surface area contributed by atoms with E-state index >= 15 is 0 Å². The molecule has 1 N–H and O–H groups in total. The molecule has 0 bridgehead atoms. The van der Waals surface area contributed by atoms with E-state index in [1.165, 1.54) is 0 Å². The molecule has 3 rings (SSSR count). The van der Waals surface area contributed by atoms with Crippen LogP contribution in [-0.2, 0) is 0 Å². The summed E-state index contributed by atoms with van der Waals surface area (Å²) in [5.41, 5.74) is 1.67. The van der Waals surface area contributed by atoms with Crippen LogP contribution in [-0.4, -0.2) is 15.1 Å². The Morgan fingerprint density at radius 2 is 2.12 bits per heavy atom. The predicted octanol–water partition coefficient (Wildman–Crippen LogP) is 3.36. The summed E-state index contributed by atoms with van der Waals surface area (Å²) < 4.78 is 6.33. The zero-order valence-corrected chi connectivity index (χ0v) is 10.2. The summed E-state index contributed by atoms with van der Waals surface area (Å²) in [6, 6.07) is 8.68. The number of aromatic nitrogens is 2. The lowest BCUT2D eigenvalue weighted by Crippen LogP contribution is -1.78. The normalized spacial score (nSPS) is 10.9. The van der Waals surface area contributed by atoms with Crippen LogP contribution < -0.4 is 0 Å². The minimum atomic E-state index is 0.125. The first kappa shape index (κ1) is 10.3. The minimum absolute atomic E-state index is 0.125. The fourth-order valence-electron chi connectivity index (χ4n) is 1.56. The number of benzene rings is 1. The minimum Gasteiger partial charge on any atom is -0.507 e. The highest BCUT2D eigenvalue weighted by molar-refractivity contribution is 9.10. The number of phenols is 1. The molecule has 0 aliphatic heterocycles. The van der Waals surface area contributed by atoms with Crippen LogP contribution in [0.15, 0.2) is 45.4 Å². The third-order valence-corrected chi connectivity index (χ3v) is 2.85. The number of fused-ring (bicyclic) bond motifs is 1. The van der Waals surface area contributed by atoms with E-state index in [9.17, 15) is 5.11 Å². The van der Waals surface area contributed by atoms with Gasteiger partial charge in [-0.25, -0.2) is 9.97 Å². The van der Waals surface area contributed by atoms with Gasteiger partial charge in [0.2, 0.25) is 11.6 Å². The second-order valence-electron chi connectivity index (χ2n) is 3.51. The molecule has 0 atom stereocenters. The molecular formula is C12H7BrN2O2. The summed E-state index contributed by atoms with van der Waals surface area (Å²) in [6.07, 6.45) is 1.64. The number of nitrogens with zero attached hydrogens (tertiary/aromatic N) is 2. The number of pyridine rings is 1. The zero-order chi connectivity index (χ0) is 11.8. The van der Waals surface area contributed by atoms with Crippen molar-refractivity contribution in [3.8, 4) is 17.2 Å². The number of oxazole rings is 1. The standard InChI is InChI=1S/C12H7BrN2O2/c13-7-3-4-10(16)8(6-7)11-15-9-2-1-5-14-12(9)17-11/h1-6,16H. The van der Waals surface area contributed by atoms with Gasteiger partial charge in [0.1, 0.15) is 11.3 Å². The number of halogens is 1. The van der Waals surface area contributed by atoms with E-state index in [0.29, 0.717) is 22.7 Å². The molecule has 0 spiro atoms. The van der Waals surface area contributed by atoms with Crippen LogP contribution in [0, 0.1) is 0 Å². The zero-order valence-electron chi connectivity index (χ0n) is 8.59. The average molecular weight is 291 g/mol. The quantitative estimate of drug-likeness (QED) is 0.747. The molecule has 0 aliphatic carbocycles. The number of aromatic hydroxyl groups is 1. The van der Waals surface area contributed by atoms with Gasteiger partial charge < -0.3 is 9.52 Å². The Balaban J connectivity index is 2.23. The predicted molar refractivity (Wildman–Crippen MR) is 66.6 cm³/mol. The molecule has 0 radical (unpaired) electrons. The molecule has 84 valence electrons. The lowest BCUT2D eigenvalue weighted by molar-refractivity contribution is 0.474. The fraction of sp³-hybridized carbons (Fsp3) is 0. The van der Waals surface area contributed by atoms with Crippen LogP contribution in [0.1, 0.15) is 0 Å². The van der Waals surface area contributed by atoms with Gasteiger partial charge >= 0.3 is 0 Å². The van der Waals surface area contributed by atoms with Crippen molar-refractivity contribution in [1.29, 1.82) is 0 Å². The second-order valence-corrected chi connectivity index (χ2v) is 4.42. The second kappa shape index (κ2) is 3.85. The van der Waals surface area contributed by atoms with Crippen molar-refractivity contribution < 1.29 is 9.52 Å². The smallest absolute Gasteiger partial charge is 0.247 e. The molecular weight excluding hydrogens is 284 g/mol. The summed E-state index contributed by atoms with van der Waals surface area (Å²) >= 11 is 3.34. The Morgan fingerprint density at radius 3 is 2.94 bits per heavy atom. The molecule has 1 aromatic carbocycles. The maximum absolute atomic E-state index is 9.77. The molecule has 2 aromatic heterocycles. The third-order valence-electron chi connectivity index (χ3n) is 2.36. The Bertz CT molecular complexity index is 661. The van der Waals surface area contributed by atoms with E-state index in [0.717, 1.165) is 4.47 Å². The molecule has 0 saturated heterocycles. The van der Waals surface area contributed by atoms with Gasteiger partial charge in [-0.1, -0.05) is 15.9 Å². The molecule has 5 heteroatoms. The Kier molecular flexibility index (Phi) is 2.33. The van der Waals surface area contributed by atoms with E-state index < -0.39 is 0 Å². The van der Waals surface area contributed by atoms with E-state index in [-0.39, 0.29) is 5.75 Å². The maximum atomic E-state index is 9.77. The maximum Gasteiger partial charge on any atom is 0.247 e. The first-order valence-corrected chi connectivity index (χ1v) is 5.74. The van der Waals surface area contributed by atoms with Crippen molar-refractivity contribution in [3.63, 3.8) is 0 Å². The Hall–Kier alpha value is -1.88. The van der Waals surface area contributed by atoms with Crippen molar-refractivity contribution in [2.75, 3.05) is 0 Å². The molecule has 0 amide bonds. The molecule has 0 saturated carbocycles. The highest BCUT2D eigenvalue weighted by atomic mass is 79.9. The lowest BCUT2D eigenvalue weighted by Gasteiger charge is -1.99. The van der Waals surface area contributed by atoms with Crippen LogP contribution in [0.25, 0.3) is 22.7 Å². The molecule has 4 nitrogen and oxygen atoms in total. The van der Waals surface area contributed by atoms with Crippen molar-refractivity contribution in [1.82, 2.24) is 9.97 Å². The van der Waals surface area contributed by atoms with Gasteiger partial charge in [0, 0.05) is 10.7 Å². The van der Waals surface area contributed by atoms with Gasteiger partial charge in [0.15, 0.2) is 0 Å². The van der Waals surface area contributed by atoms with Crippen LogP contribution in [0.2, 0.25) is 0 Å². The van der Waals surface area contributed by atoms with Gasteiger partial charge in [-0.05, 0) is 30.3 Å². The highest BCUT2D eigenvalue weighted by Gasteiger charge is 2.12. The van der Waals surface area contributed by atoms with Gasteiger partial charge in [-0.15, -0.1) is 0 Å². The van der Waals surface area contributed by atoms with Crippen molar-refractivity contribution >= 4 is 27.2 Å². The number of hydrogen-bond acceptors (Lipinski definition) is 4. The van der Waals surface area contributed by atoms with Crippen LogP contribution in [0.4, 0.5) is 0 Å². The summed E-state index contributed by atoms with van der Waals surface area (Å²) in [6.45, 7) is 0. The average Bonchev–Trinajstić information content (AvgIpc) is 2.75. The van der Waals surface area contributed by atoms with Crippen molar-refractivity contribution in [3.05, 3.63) is 41.0 Å². The SMILES string of the molecule is Oc1ccc(Br)cc1-c1nc2cccnc2o1. The van der Waals surface area contributed by atoms with Crippen LogP contribution >= 0.6 is 15.9 Å². The van der Waals surface area contributed by atoms with Gasteiger partial charge in [-0.3, -0.25) is 0 Å². The molecule has 2 heterocycles. The number of rotatable bonds is 1. The topological polar surface area (TPSA) is 59.2 Å². The molecule has 0 unspecified atom stereocenters. The monoisotopic (exact) mass is 290 g/mol. The van der Waals surface area contributed by atoms with E-state index in [4.69, 9.17) is 4.42 Å². The Morgan fingerprint density at radius 1 is 1.24 bits per heavy atom.